The fraction of sp³-hybridized carbons (Fsp3) is 0.857. The fourth-order valence-electron chi connectivity index (χ4n) is 16.1. The Morgan fingerprint density at radius 2 is 1.02 bits per heavy atom. The van der Waals surface area contributed by atoms with E-state index in [1.807, 2.05) is 11.1 Å². The predicted molar refractivity (Wildman–Crippen MR) is 190 cm³/mol. The van der Waals surface area contributed by atoms with Gasteiger partial charge in [0.25, 0.3) is 0 Å². The van der Waals surface area contributed by atoms with E-state index in [0.29, 0.717) is 10.8 Å². The van der Waals surface area contributed by atoms with E-state index in [1.165, 1.54) is 12.3 Å². The van der Waals surface area contributed by atoms with E-state index in [2.05, 4.69) is 45.0 Å². The minimum Gasteiger partial charge on any atom is -0.114 e. The van der Waals surface area contributed by atoms with Crippen molar-refractivity contribution < 1.29 is 0 Å². The first-order chi connectivity index (χ1) is 21.3. The molecule has 1 aromatic carbocycles. The van der Waals surface area contributed by atoms with Gasteiger partial charge in [-0.15, -0.1) is 8.58 Å². The zero-order valence-corrected chi connectivity index (χ0v) is 30.3. The van der Waals surface area contributed by atoms with Gasteiger partial charge in [0.05, 0.1) is 0 Å². The summed E-state index contributed by atoms with van der Waals surface area (Å²) in [4.78, 5) is 0. The van der Waals surface area contributed by atoms with Crippen LogP contribution in [0.4, 0.5) is 0 Å². The molecule has 12 bridgehead atoms. The van der Waals surface area contributed by atoms with Crippen molar-refractivity contribution in [1.29, 1.82) is 0 Å². The normalized spacial score (nSPS) is 52.1. The van der Waals surface area contributed by atoms with Crippen LogP contribution < -0.4 is 0 Å². The molecule has 0 aromatic heterocycles. The molecule has 0 aliphatic heterocycles. The molecule has 13 rings (SSSR count). The molecule has 1 aromatic rings. The Bertz CT molecular complexity index is 1140. The average Bonchev–Trinajstić information content (AvgIpc) is 2.95. The van der Waals surface area contributed by atoms with Gasteiger partial charge in [-0.2, -0.15) is 0 Å². The van der Waals surface area contributed by atoms with Crippen LogP contribution in [-0.4, -0.2) is 17.0 Å². The van der Waals surface area contributed by atoms with Crippen molar-refractivity contribution in [2.45, 2.75) is 146 Å². The van der Waals surface area contributed by atoms with Crippen molar-refractivity contribution >= 4 is 16.5 Å². The molecule has 0 saturated heterocycles. The third-order valence-electron chi connectivity index (χ3n) is 16.9. The zero-order valence-electron chi connectivity index (χ0n) is 28.4. The van der Waals surface area contributed by atoms with E-state index < -0.39 is 0 Å². The topological polar surface area (TPSA) is 0 Å². The summed E-state index contributed by atoms with van der Waals surface area (Å²) in [5.74, 6) is 12.1. The Labute approximate surface area is 273 Å². The lowest BCUT2D eigenvalue weighted by molar-refractivity contribution is -0.107. The van der Waals surface area contributed by atoms with Crippen molar-refractivity contribution in [2.24, 2.45) is 75.9 Å². The lowest BCUT2D eigenvalue weighted by atomic mass is 9.43. The first kappa shape index (κ1) is 29.0. The maximum atomic E-state index is 2.66. The molecule has 44 heavy (non-hydrogen) atoms. The standard InChI is InChI=1S/C42H62P2/c1-41(2,3)42-21-29-10-30(22-42)20-37(19-29)40(42)43-23-31-6-4-5-7-32(31)24-44(38-33-11-25-8-26(13-33)14-34(38)12-25)39-35-15-27-9-28(17-35)18-36(39)16-27/h4-7,25-30,33-40,43H,8-24H2,1-3H3. The first-order valence-corrected chi connectivity index (χ1v) is 22.8. The van der Waals surface area contributed by atoms with Gasteiger partial charge in [0, 0.05) is 0 Å². The Hall–Kier alpha value is 0.0800. The van der Waals surface area contributed by atoms with Crippen molar-refractivity contribution in [3.63, 3.8) is 0 Å². The van der Waals surface area contributed by atoms with Gasteiger partial charge in [0.2, 0.25) is 0 Å². The van der Waals surface area contributed by atoms with Crippen molar-refractivity contribution in [2.75, 3.05) is 0 Å². The molecule has 12 saturated carbocycles. The van der Waals surface area contributed by atoms with E-state index in [0.717, 1.165) is 90.7 Å². The van der Waals surface area contributed by atoms with Gasteiger partial charge in [-0.1, -0.05) is 53.0 Å². The van der Waals surface area contributed by atoms with Crippen molar-refractivity contribution in [3.8, 4) is 0 Å². The summed E-state index contributed by atoms with van der Waals surface area (Å²) >= 11 is 0. The highest BCUT2D eigenvalue weighted by atomic mass is 31.1. The second kappa shape index (κ2) is 10.5. The summed E-state index contributed by atoms with van der Waals surface area (Å²) in [6.07, 6.45) is 27.0. The highest BCUT2D eigenvalue weighted by Gasteiger charge is 2.61. The van der Waals surface area contributed by atoms with Crippen LogP contribution in [0.3, 0.4) is 0 Å². The average molecular weight is 629 g/mol. The Morgan fingerprint density at radius 1 is 0.591 bits per heavy atom. The number of hydrogen-bond acceptors (Lipinski definition) is 0. The molecule has 12 aliphatic rings. The molecule has 0 amide bonds. The fourth-order valence-corrected chi connectivity index (χ4v) is 23.2. The second-order valence-electron chi connectivity index (χ2n) is 20.2. The van der Waals surface area contributed by atoms with Crippen LogP contribution in [0, 0.1) is 75.9 Å². The minimum absolute atomic E-state index is 0.0865. The van der Waals surface area contributed by atoms with Crippen LogP contribution in [0.25, 0.3) is 0 Å². The molecule has 0 spiro atoms. The number of hydrogen-bond donors (Lipinski definition) is 0. The summed E-state index contributed by atoms with van der Waals surface area (Å²) in [6.45, 7) is 7.90. The van der Waals surface area contributed by atoms with Crippen molar-refractivity contribution in [1.82, 2.24) is 0 Å². The van der Waals surface area contributed by atoms with Gasteiger partial charge in [0.15, 0.2) is 0 Å². The molecule has 12 fully saturated rings. The van der Waals surface area contributed by atoms with Crippen LogP contribution in [0.5, 0.6) is 0 Å². The molecule has 12 aliphatic carbocycles. The smallest absolute Gasteiger partial charge is 0.00649 e. The molecule has 4 unspecified atom stereocenters. The molecule has 4 atom stereocenters. The molecular weight excluding hydrogens is 566 g/mol. The predicted octanol–water partition coefficient (Wildman–Crippen LogP) is 11.7. The quantitative estimate of drug-likeness (QED) is 0.264. The number of rotatable bonds is 7. The lowest BCUT2D eigenvalue weighted by Gasteiger charge is -2.66. The molecule has 2 heteroatoms. The SMILES string of the molecule is CC(C)(C)C12CC3CC(CC(C3)C1PCc1ccccc1CP(C1C3CC4CC(C3)CC1C4)C1C3CC4CC(C3)CC1C4)C2. The van der Waals surface area contributed by atoms with E-state index in [4.69, 9.17) is 0 Å². The molecular formula is C42H62P2. The molecule has 240 valence electrons. The van der Waals surface area contributed by atoms with Crippen LogP contribution in [0.15, 0.2) is 24.3 Å². The Morgan fingerprint density at radius 3 is 1.50 bits per heavy atom. The van der Waals surface area contributed by atoms with E-state index >= 15 is 0 Å². The first-order valence-electron chi connectivity index (χ1n) is 19.9. The van der Waals surface area contributed by atoms with Crippen molar-refractivity contribution in [3.05, 3.63) is 35.4 Å². The monoisotopic (exact) mass is 628 g/mol. The molecule has 0 nitrogen and oxygen atoms in total. The van der Waals surface area contributed by atoms with Crippen LogP contribution in [0.1, 0.15) is 128 Å². The van der Waals surface area contributed by atoms with Gasteiger partial charge in [0.1, 0.15) is 0 Å². The van der Waals surface area contributed by atoms with Gasteiger partial charge in [-0.3, -0.25) is 0 Å². The summed E-state index contributed by atoms with van der Waals surface area (Å²) in [6, 6.07) is 10.2. The molecule has 0 radical (unpaired) electrons. The Balaban J connectivity index is 0.953. The van der Waals surface area contributed by atoms with Gasteiger partial charge in [-0.25, -0.2) is 0 Å². The van der Waals surface area contributed by atoms with Gasteiger partial charge in [-0.05, 0) is 213 Å². The number of benzene rings is 1. The summed E-state index contributed by atoms with van der Waals surface area (Å²) in [5.41, 5.74) is 8.01. The molecule has 0 heterocycles. The van der Waals surface area contributed by atoms with E-state index in [9.17, 15) is 0 Å². The van der Waals surface area contributed by atoms with Crippen LogP contribution in [-0.2, 0) is 12.3 Å². The molecule has 0 N–H and O–H groups in total. The maximum absolute atomic E-state index is 2.66. The zero-order chi connectivity index (χ0) is 29.4. The van der Waals surface area contributed by atoms with Gasteiger partial charge < -0.3 is 0 Å². The van der Waals surface area contributed by atoms with E-state index in [1.54, 1.807) is 96.3 Å². The van der Waals surface area contributed by atoms with Gasteiger partial charge >= 0.3 is 0 Å². The summed E-state index contributed by atoms with van der Waals surface area (Å²) in [7, 11) is 1.24. The maximum Gasteiger partial charge on any atom is -0.00649 e. The summed E-state index contributed by atoms with van der Waals surface area (Å²) < 4.78 is 0. The third kappa shape index (κ3) is 4.54. The Kier molecular flexibility index (Phi) is 6.95. The van der Waals surface area contributed by atoms with E-state index in [-0.39, 0.29) is 7.92 Å². The largest absolute Gasteiger partial charge is 0.114 e. The summed E-state index contributed by atoms with van der Waals surface area (Å²) in [5, 5.41) is 0. The highest BCUT2D eigenvalue weighted by Crippen LogP contribution is 2.73. The van der Waals surface area contributed by atoms with Crippen LogP contribution in [0.2, 0.25) is 0 Å². The lowest BCUT2D eigenvalue weighted by Crippen LogP contribution is -2.59. The van der Waals surface area contributed by atoms with Crippen LogP contribution >= 0.6 is 16.5 Å². The highest BCUT2D eigenvalue weighted by molar-refractivity contribution is 7.58. The minimum atomic E-state index is 0.0865. The second-order valence-corrected chi connectivity index (χ2v) is 24.1. The third-order valence-corrected chi connectivity index (χ3v) is 22.9.